The van der Waals surface area contributed by atoms with Crippen LogP contribution in [0.1, 0.15) is 39.2 Å². The van der Waals surface area contributed by atoms with Gasteiger partial charge < -0.3 is 10.2 Å². The van der Waals surface area contributed by atoms with E-state index in [0.717, 1.165) is 24.3 Å². The van der Waals surface area contributed by atoms with Crippen molar-refractivity contribution in [1.82, 2.24) is 15.0 Å². The number of nitrogens with zero attached hydrogens (tertiary/aromatic N) is 2. The standard InChI is InChI=1S/C22H30N4O3S/c1-22(2,3)17-7-9-19(10-8-17)30(28,29)24-14-11-21(27)25-18-12-15-26(16-18)20-6-4-5-13-23-20/h4-10,13,18,24H,11-12,14-16H2,1-3H3,(H,25,27). The molecule has 0 bridgehead atoms. The number of carbonyl (C=O) groups excluding carboxylic acids is 1. The van der Waals surface area contributed by atoms with Gasteiger partial charge in [-0.05, 0) is 41.7 Å². The van der Waals surface area contributed by atoms with Crippen LogP contribution in [0.25, 0.3) is 0 Å². The molecular formula is C22H30N4O3S. The Morgan fingerprint density at radius 3 is 2.53 bits per heavy atom. The topological polar surface area (TPSA) is 91.4 Å². The lowest BCUT2D eigenvalue weighted by atomic mass is 9.87. The number of hydrogen-bond donors (Lipinski definition) is 2. The van der Waals surface area contributed by atoms with Crippen LogP contribution in [0.2, 0.25) is 0 Å². The molecule has 1 unspecified atom stereocenters. The average Bonchev–Trinajstić information content (AvgIpc) is 3.16. The van der Waals surface area contributed by atoms with Gasteiger partial charge >= 0.3 is 0 Å². The summed E-state index contributed by atoms with van der Waals surface area (Å²) in [5.74, 6) is 0.744. The van der Waals surface area contributed by atoms with E-state index in [2.05, 4.69) is 40.7 Å². The lowest BCUT2D eigenvalue weighted by molar-refractivity contribution is -0.121. The van der Waals surface area contributed by atoms with Crippen molar-refractivity contribution in [3.8, 4) is 0 Å². The molecule has 1 amide bonds. The molecule has 1 saturated heterocycles. The zero-order valence-electron chi connectivity index (χ0n) is 17.8. The van der Waals surface area contributed by atoms with Gasteiger partial charge in [-0.15, -0.1) is 0 Å². The largest absolute Gasteiger partial charge is 0.354 e. The highest BCUT2D eigenvalue weighted by atomic mass is 32.2. The summed E-state index contributed by atoms with van der Waals surface area (Å²) in [6.45, 7) is 7.83. The Labute approximate surface area is 178 Å². The molecule has 1 aliphatic heterocycles. The number of aromatic nitrogens is 1. The van der Waals surface area contributed by atoms with E-state index in [1.807, 2.05) is 30.3 Å². The number of sulfonamides is 1. The summed E-state index contributed by atoms with van der Waals surface area (Å²) in [4.78, 5) is 18.9. The van der Waals surface area contributed by atoms with Crippen molar-refractivity contribution >= 4 is 21.7 Å². The summed E-state index contributed by atoms with van der Waals surface area (Å²) >= 11 is 0. The molecule has 2 aromatic rings. The van der Waals surface area contributed by atoms with Crippen molar-refractivity contribution < 1.29 is 13.2 Å². The fourth-order valence-corrected chi connectivity index (χ4v) is 4.48. The molecule has 0 aliphatic carbocycles. The van der Waals surface area contributed by atoms with E-state index in [9.17, 15) is 13.2 Å². The van der Waals surface area contributed by atoms with Gasteiger partial charge in [-0.25, -0.2) is 18.1 Å². The first kappa shape index (κ1) is 22.2. The number of hydrogen-bond acceptors (Lipinski definition) is 5. The summed E-state index contributed by atoms with van der Waals surface area (Å²) in [6.07, 6.45) is 2.69. The molecule has 0 spiro atoms. The molecule has 1 atom stereocenters. The summed E-state index contributed by atoms with van der Waals surface area (Å²) < 4.78 is 27.4. The molecule has 2 heterocycles. The van der Waals surface area contributed by atoms with Crippen LogP contribution in [0.15, 0.2) is 53.6 Å². The first-order valence-corrected chi connectivity index (χ1v) is 11.7. The molecule has 3 rings (SSSR count). The zero-order valence-corrected chi connectivity index (χ0v) is 18.6. The third-order valence-corrected chi connectivity index (χ3v) is 6.68. The van der Waals surface area contributed by atoms with Crippen molar-refractivity contribution in [2.75, 3.05) is 24.5 Å². The summed E-state index contributed by atoms with van der Waals surface area (Å²) in [5.41, 5.74) is 1.03. The Morgan fingerprint density at radius 2 is 1.90 bits per heavy atom. The SMILES string of the molecule is CC(C)(C)c1ccc(S(=O)(=O)NCCC(=O)NC2CCN(c3ccccn3)C2)cc1. The Kier molecular flexibility index (Phi) is 6.77. The lowest BCUT2D eigenvalue weighted by Gasteiger charge is -2.19. The maximum absolute atomic E-state index is 12.5. The summed E-state index contributed by atoms with van der Waals surface area (Å²) in [5, 5.41) is 2.99. The monoisotopic (exact) mass is 430 g/mol. The molecule has 1 aromatic heterocycles. The maximum atomic E-state index is 12.5. The van der Waals surface area contributed by atoms with Crippen molar-refractivity contribution in [3.63, 3.8) is 0 Å². The number of nitrogens with one attached hydrogen (secondary N) is 2. The van der Waals surface area contributed by atoms with E-state index < -0.39 is 10.0 Å². The minimum Gasteiger partial charge on any atom is -0.354 e. The molecular weight excluding hydrogens is 400 g/mol. The fraction of sp³-hybridized carbons (Fsp3) is 0.455. The summed E-state index contributed by atoms with van der Waals surface area (Å²) in [7, 11) is -3.64. The van der Waals surface area contributed by atoms with Crippen molar-refractivity contribution in [1.29, 1.82) is 0 Å². The molecule has 0 radical (unpaired) electrons. The summed E-state index contributed by atoms with van der Waals surface area (Å²) in [6, 6.07) is 12.7. The van der Waals surface area contributed by atoms with Crippen LogP contribution >= 0.6 is 0 Å². The smallest absolute Gasteiger partial charge is 0.240 e. The quantitative estimate of drug-likeness (QED) is 0.704. The van der Waals surface area contributed by atoms with Crippen LogP contribution in [0.3, 0.4) is 0 Å². The van der Waals surface area contributed by atoms with Gasteiger partial charge in [-0.2, -0.15) is 0 Å². The van der Waals surface area contributed by atoms with Gasteiger partial charge in [0.05, 0.1) is 4.90 Å². The molecule has 1 fully saturated rings. The Balaban J connectivity index is 1.45. The fourth-order valence-electron chi connectivity index (χ4n) is 3.44. The molecule has 2 N–H and O–H groups in total. The van der Waals surface area contributed by atoms with Crippen molar-refractivity contribution in [3.05, 3.63) is 54.2 Å². The second kappa shape index (κ2) is 9.14. The van der Waals surface area contributed by atoms with Crippen LogP contribution < -0.4 is 14.9 Å². The maximum Gasteiger partial charge on any atom is 0.240 e. The van der Waals surface area contributed by atoms with Crippen LogP contribution in [-0.2, 0) is 20.2 Å². The first-order chi connectivity index (χ1) is 14.1. The number of carbonyl (C=O) groups is 1. The lowest BCUT2D eigenvalue weighted by Crippen LogP contribution is -2.39. The highest BCUT2D eigenvalue weighted by Gasteiger charge is 2.25. The predicted octanol–water partition coefficient (Wildman–Crippen LogP) is 2.44. The van der Waals surface area contributed by atoms with Crippen LogP contribution in [-0.4, -0.2) is 45.0 Å². The van der Waals surface area contributed by atoms with Gasteiger partial charge in [0.25, 0.3) is 0 Å². The van der Waals surface area contributed by atoms with Crippen LogP contribution in [0, 0.1) is 0 Å². The Morgan fingerprint density at radius 1 is 1.17 bits per heavy atom. The van der Waals surface area contributed by atoms with Crippen LogP contribution in [0.4, 0.5) is 5.82 Å². The Hall–Kier alpha value is -2.45. The number of anilines is 1. The molecule has 162 valence electrons. The van der Waals surface area contributed by atoms with E-state index in [1.165, 1.54) is 0 Å². The second-order valence-corrected chi connectivity index (χ2v) is 10.4. The van der Waals surface area contributed by atoms with Gasteiger partial charge in [-0.3, -0.25) is 4.79 Å². The molecule has 30 heavy (non-hydrogen) atoms. The number of pyridine rings is 1. The highest BCUT2D eigenvalue weighted by Crippen LogP contribution is 2.23. The molecule has 0 saturated carbocycles. The van der Waals surface area contributed by atoms with E-state index >= 15 is 0 Å². The molecule has 1 aliphatic rings. The van der Waals surface area contributed by atoms with Gasteiger partial charge in [-0.1, -0.05) is 39.0 Å². The van der Waals surface area contributed by atoms with E-state index in [-0.39, 0.29) is 35.2 Å². The molecule has 8 heteroatoms. The van der Waals surface area contributed by atoms with Crippen molar-refractivity contribution in [2.24, 2.45) is 0 Å². The third kappa shape index (κ3) is 5.79. The Bertz CT molecular complexity index is 954. The van der Waals surface area contributed by atoms with Crippen LogP contribution in [0.5, 0.6) is 0 Å². The average molecular weight is 431 g/mol. The zero-order chi connectivity index (χ0) is 21.8. The number of benzene rings is 1. The third-order valence-electron chi connectivity index (χ3n) is 5.20. The van der Waals surface area contributed by atoms with Crippen molar-refractivity contribution in [2.45, 2.75) is 50.0 Å². The van der Waals surface area contributed by atoms with Gasteiger partial charge in [0, 0.05) is 38.3 Å². The first-order valence-electron chi connectivity index (χ1n) is 10.2. The van der Waals surface area contributed by atoms with Gasteiger partial charge in [0.2, 0.25) is 15.9 Å². The highest BCUT2D eigenvalue weighted by molar-refractivity contribution is 7.89. The van der Waals surface area contributed by atoms with E-state index in [1.54, 1.807) is 18.3 Å². The van der Waals surface area contributed by atoms with E-state index in [0.29, 0.717) is 6.54 Å². The number of amides is 1. The minimum atomic E-state index is -3.64. The normalized spacial score (nSPS) is 17.2. The van der Waals surface area contributed by atoms with Gasteiger partial charge in [0.15, 0.2) is 0 Å². The predicted molar refractivity (Wildman–Crippen MR) is 118 cm³/mol. The molecule has 7 nitrogen and oxygen atoms in total. The molecule has 1 aromatic carbocycles. The minimum absolute atomic E-state index is 0.0415. The number of rotatable bonds is 7. The van der Waals surface area contributed by atoms with Gasteiger partial charge in [0.1, 0.15) is 5.82 Å². The second-order valence-electron chi connectivity index (χ2n) is 8.61. The van der Waals surface area contributed by atoms with E-state index in [4.69, 9.17) is 0 Å².